The van der Waals surface area contributed by atoms with Crippen LogP contribution in [-0.4, -0.2) is 11.5 Å². The van der Waals surface area contributed by atoms with Crippen LogP contribution in [0.4, 0.5) is 0 Å². The zero-order valence-corrected chi connectivity index (χ0v) is 11.1. The number of pyridine rings is 1. The second kappa shape index (κ2) is 5.94. The molecule has 0 aliphatic carbocycles. The van der Waals surface area contributed by atoms with Crippen LogP contribution in [0, 0.1) is 6.92 Å². The van der Waals surface area contributed by atoms with Gasteiger partial charge in [0.2, 0.25) is 0 Å². The SMILES string of the molecule is CCCNC(c1ccccn1)c1ccsc1C. The molecule has 2 nitrogen and oxygen atoms in total. The topological polar surface area (TPSA) is 24.9 Å². The van der Waals surface area contributed by atoms with Crippen LogP contribution in [0.25, 0.3) is 0 Å². The quantitative estimate of drug-likeness (QED) is 0.873. The highest BCUT2D eigenvalue weighted by atomic mass is 32.1. The van der Waals surface area contributed by atoms with Crippen molar-refractivity contribution in [3.63, 3.8) is 0 Å². The largest absolute Gasteiger partial charge is 0.305 e. The summed E-state index contributed by atoms with van der Waals surface area (Å²) >= 11 is 1.79. The Kier molecular flexibility index (Phi) is 4.29. The molecule has 0 aliphatic rings. The van der Waals surface area contributed by atoms with Crippen LogP contribution in [0.2, 0.25) is 0 Å². The Hall–Kier alpha value is -1.19. The van der Waals surface area contributed by atoms with E-state index in [1.54, 1.807) is 11.3 Å². The minimum absolute atomic E-state index is 0.224. The van der Waals surface area contributed by atoms with Gasteiger partial charge in [-0.3, -0.25) is 4.98 Å². The lowest BCUT2D eigenvalue weighted by Crippen LogP contribution is -2.24. The van der Waals surface area contributed by atoms with Crippen LogP contribution in [0.15, 0.2) is 35.8 Å². The highest BCUT2D eigenvalue weighted by Gasteiger charge is 2.16. The minimum Gasteiger partial charge on any atom is -0.305 e. The zero-order chi connectivity index (χ0) is 12.1. The standard InChI is InChI=1S/C14H18N2S/c1-3-8-16-14(12-7-10-17-11(12)2)13-6-4-5-9-15-13/h4-7,9-10,14,16H,3,8H2,1-2H3. The molecular weight excluding hydrogens is 228 g/mol. The fourth-order valence-electron chi connectivity index (χ4n) is 1.90. The number of aromatic nitrogens is 1. The van der Waals surface area contributed by atoms with E-state index in [1.807, 2.05) is 18.3 Å². The lowest BCUT2D eigenvalue weighted by atomic mass is 10.0. The summed E-state index contributed by atoms with van der Waals surface area (Å²) in [4.78, 5) is 5.84. The van der Waals surface area contributed by atoms with Gasteiger partial charge in [0.1, 0.15) is 0 Å². The Morgan fingerprint density at radius 3 is 2.82 bits per heavy atom. The van der Waals surface area contributed by atoms with Crippen molar-refractivity contribution in [2.45, 2.75) is 26.3 Å². The van der Waals surface area contributed by atoms with E-state index in [0.717, 1.165) is 18.7 Å². The van der Waals surface area contributed by atoms with Gasteiger partial charge in [-0.05, 0) is 49.0 Å². The third kappa shape index (κ3) is 2.93. The van der Waals surface area contributed by atoms with Gasteiger partial charge in [-0.2, -0.15) is 0 Å². The molecule has 1 unspecified atom stereocenters. The maximum absolute atomic E-state index is 4.47. The summed E-state index contributed by atoms with van der Waals surface area (Å²) in [7, 11) is 0. The predicted octanol–water partition coefficient (Wildman–Crippen LogP) is 3.54. The molecule has 0 bridgehead atoms. The summed E-state index contributed by atoms with van der Waals surface area (Å²) in [5.41, 5.74) is 2.45. The second-order valence-corrected chi connectivity index (χ2v) is 5.19. The molecule has 2 heterocycles. The number of hydrogen-bond donors (Lipinski definition) is 1. The molecule has 0 radical (unpaired) electrons. The van der Waals surface area contributed by atoms with Crippen molar-refractivity contribution in [2.24, 2.45) is 0 Å². The number of rotatable bonds is 5. The molecule has 0 fully saturated rings. The normalized spacial score (nSPS) is 12.6. The van der Waals surface area contributed by atoms with Crippen LogP contribution in [-0.2, 0) is 0 Å². The highest BCUT2D eigenvalue weighted by Crippen LogP contribution is 2.26. The number of aryl methyl sites for hydroxylation is 1. The molecule has 0 saturated heterocycles. The Morgan fingerprint density at radius 1 is 1.35 bits per heavy atom. The molecule has 1 atom stereocenters. The van der Waals surface area contributed by atoms with Gasteiger partial charge in [0.25, 0.3) is 0 Å². The van der Waals surface area contributed by atoms with Crippen LogP contribution in [0.3, 0.4) is 0 Å². The van der Waals surface area contributed by atoms with Crippen molar-refractivity contribution in [3.8, 4) is 0 Å². The van der Waals surface area contributed by atoms with Crippen LogP contribution in [0.1, 0.15) is 35.5 Å². The summed E-state index contributed by atoms with van der Waals surface area (Å²) in [5.74, 6) is 0. The van der Waals surface area contributed by atoms with E-state index in [0.29, 0.717) is 0 Å². The fraction of sp³-hybridized carbons (Fsp3) is 0.357. The van der Waals surface area contributed by atoms with Gasteiger partial charge in [-0.15, -0.1) is 11.3 Å². The molecule has 17 heavy (non-hydrogen) atoms. The zero-order valence-electron chi connectivity index (χ0n) is 10.3. The number of nitrogens with one attached hydrogen (secondary N) is 1. The number of thiophene rings is 1. The molecule has 90 valence electrons. The van der Waals surface area contributed by atoms with Crippen molar-refractivity contribution in [1.82, 2.24) is 10.3 Å². The van der Waals surface area contributed by atoms with E-state index >= 15 is 0 Å². The van der Waals surface area contributed by atoms with E-state index in [4.69, 9.17) is 0 Å². The summed E-state index contributed by atoms with van der Waals surface area (Å²) in [6.07, 6.45) is 2.99. The van der Waals surface area contributed by atoms with Gasteiger partial charge in [-0.25, -0.2) is 0 Å². The maximum atomic E-state index is 4.47. The molecule has 0 saturated carbocycles. The van der Waals surface area contributed by atoms with E-state index in [1.165, 1.54) is 10.4 Å². The molecule has 0 aliphatic heterocycles. The second-order valence-electron chi connectivity index (χ2n) is 4.07. The van der Waals surface area contributed by atoms with Crippen LogP contribution >= 0.6 is 11.3 Å². The van der Waals surface area contributed by atoms with Crippen molar-refractivity contribution in [3.05, 3.63) is 52.0 Å². The Labute approximate surface area is 107 Å². The van der Waals surface area contributed by atoms with Crippen molar-refractivity contribution < 1.29 is 0 Å². The number of hydrogen-bond acceptors (Lipinski definition) is 3. The molecule has 0 aromatic carbocycles. The molecule has 2 aromatic rings. The van der Waals surface area contributed by atoms with Gasteiger partial charge in [0, 0.05) is 11.1 Å². The first-order chi connectivity index (χ1) is 8.33. The average molecular weight is 246 g/mol. The van der Waals surface area contributed by atoms with Gasteiger partial charge in [0.05, 0.1) is 11.7 Å². The van der Waals surface area contributed by atoms with E-state index in [9.17, 15) is 0 Å². The van der Waals surface area contributed by atoms with Crippen LogP contribution in [0.5, 0.6) is 0 Å². The minimum atomic E-state index is 0.224. The Balaban J connectivity index is 2.29. The van der Waals surface area contributed by atoms with Crippen LogP contribution < -0.4 is 5.32 Å². The number of nitrogens with zero attached hydrogens (tertiary/aromatic N) is 1. The van der Waals surface area contributed by atoms with Gasteiger partial charge in [-0.1, -0.05) is 13.0 Å². The highest BCUT2D eigenvalue weighted by molar-refractivity contribution is 7.10. The maximum Gasteiger partial charge on any atom is 0.0762 e. The lowest BCUT2D eigenvalue weighted by Gasteiger charge is -2.18. The Morgan fingerprint density at radius 2 is 2.24 bits per heavy atom. The van der Waals surface area contributed by atoms with Gasteiger partial charge < -0.3 is 5.32 Å². The first-order valence-electron chi connectivity index (χ1n) is 6.01. The smallest absolute Gasteiger partial charge is 0.0762 e. The first-order valence-corrected chi connectivity index (χ1v) is 6.89. The first kappa shape index (κ1) is 12.3. The van der Waals surface area contributed by atoms with E-state index in [2.05, 4.69) is 41.7 Å². The summed E-state index contributed by atoms with van der Waals surface area (Å²) in [5, 5.41) is 5.72. The fourth-order valence-corrected chi connectivity index (χ4v) is 2.64. The van der Waals surface area contributed by atoms with Crippen molar-refractivity contribution in [2.75, 3.05) is 6.54 Å². The summed E-state index contributed by atoms with van der Waals surface area (Å²) in [6, 6.07) is 8.51. The molecular formula is C14H18N2S. The van der Waals surface area contributed by atoms with E-state index < -0.39 is 0 Å². The predicted molar refractivity (Wildman–Crippen MR) is 73.4 cm³/mol. The third-order valence-corrected chi connectivity index (χ3v) is 3.65. The summed E-state index contributed by atoms with van der Waals surface area (Å²) in [6.45, 7) is 5.36. The third-order valence-electron chi connectivity index (χ3n) is 2.79. The van der Waals surface area contributed by atoms with Crippen molar-refractivity contribution >= 4 is 11.3 Å². The van der Waals surface area contributed by atoms with Crippen molar-refractivity contribution in [1.29, 1.82) is 0 Å². The molecule has 0 spiro atoms. The van der Waals surface area contributed by atoms with E-state index in [-0.39, 0.29) is 6.04 Å². The monoisotopic (exact) mass is 246 g/mol. The molecule has 1 N–H and O–H groups in total. The Bertz CT molecular complexity index is 450. The summed E-state index contributed by atoms with van der Waals surface area (Å²) < 4.78 is 0. The molecule has 2 aromatic heterocycles. The average Bonchev–Trinajstić information content (AvgIpc) is 2.78. The van der Waals surface area contributed by atoms with Gasteiger partial charge >= 0.3 is 0 Å². The lowest BCUT2D eigenvalue weighted by molar-refractivity contribution is 0.586. The molecule has 2 rings (SSSR count). The molecule has 0 amide bonds. The molecule has 3 heteroatoms. The van der Waals surface area contributed by atoms with Gasteiger partial charge in [0.15, 0.2) is 0 Å².